The summed E-state index contributed by atoms with van der Waals surface area (Å²) in [6, 6.07) is 6.91. The Labute approximate surface area is 174 Å². The highest BCUT2D eigenvalue weighted by molar-refractivity contribution is 7.89. The third kappa shape index (κ3) is 4.72. The summed E-state index contributed by atoms with van der Waals surface area (Å²) in [5, 5.41) is 29.1. The molecule has 1 aliphatic rings. The van der Waals surface area contributed by atoms with Crippen LogP contribution in [-0.4, -0.2) is 65.9 Å². The number of hydrogen-bond acceptors (Lipinski definition) is 8. The summed E-state index contributed by atoms with van der Waals surface area (Å²) in [6.07, 6.45) is -0.455. The number of β-amino-alcohol motifs (C(OH)–C–C–N with tert-alkyl or cyclic N) is 1. The van der Waals surface area contributed by atoms with Gasteiger partial charge in [-0.1, -0.05) is 0 Å². The first-order chi connectivity index (χ1) is 14.6. The fourth-order valence-electron chi connectivity index (χ4n) is 2.96. The Morgan fingerprint density at radius 3 is 2.65 bits per heavy atom. The third-order valence-electron chi connectivity index (χ3n) is 4.59. The van der Waals surface area contributed by atoms with E-state index in [-0.39, 0.29) is 16.2 Å². The summed E-state index contributed by atoms with van der Waals surface area (Å²) in [5.74, 6) is -1.43. The fraction of sp³-hybridized carbons (Fsp3) is 0.333. The number of nitriles is 1. The Balaban J connectivity index is 1.82. The van der Waals surface area contributed by atoms with Crippen LogP contribution in [0.5, 0.6) is 11.6 Å². The van der Waals surface area contributed by atoms with Crippen LogP contribution in [0.2, 0.25) is 0 Å². The van der Waals surface area contributed by atoms with Gasteiger partial charge in [-0.05, 0) is 18.2 Å². The molecule has 31 heavy (non-hydrogen) atoms. The van der Waals surface area contributed by atoms with Gasteiger partial charge in [0.2, 0.25) is 15.9 Å². The molecule has 166 valence electrons. The van der Waals surface area contributed by atoms with Crippen molar-refractivity contribution < 1.29 is 41.3 Å². The number of nitrogens with zero attached hydrogens (tertiary/aromatic N) is 3. The van der Waals surface area contributed by atoms with Gasteiger partial charge in [-0.3, -0.25) is 0 Å². The lowest BCUT2D eigenvalue weighted by molar-refractivity contribution is -0.0641. The maximum absolute atomic E-state index is 13.8. The van der Waals surface area contributed by atoms with Crippen molar-refractivity contribution in [1.29, 1.82) is 5.26 Å². The summed E-state index contributed by atoms with van der Waals surface area (Å²) in [6.45, 7) is -4.94. The van der Waals surface area contributed by atoms with E-state index in [4.69, 9.17) is 10.00 Å². The quantitative estimate of drug-likeness (QED) is 0.623. The molecule has 2 heterocycles. The summed E-state index contributed by atoms with van der Waals surface area (Å²) in [4.78, 5) is 3.15. The number of aliphatic hydroxyl groups excluding tert-OH is 1. The first-order valence-electron chi connectivity index (χ1n) is 8.69. The smallest absolute Gasteiger partial charge is 0.388 e. The van der Waals surface area contributed by atoms with E-state index in [1.807, 2.05) is 0 Å². The maximum Gasteiger partial charge on any atom is 0.388 e. The number of ether oxygens (including phenoxy) is 2. The average Bonchev–Trinajstić information content (AvgIpc) is 3.06. The fourth-order valence-corrected chi connectivity index (χ4v) is 4.41. The molecule has 2 aromatic rings. The second-order valence-electron chi connectivity index (χ2n) is 6.63. The van der Waals surface area contributed by atoms with E-state index in [1.54, 1.807) is 6.07 Å². The lowest BCUT2D eigenvalue weighted by atomic mass is 10.0. The van der Waals surface area contributed by atoms with Crippen LogP contribution in [-0.2, 0) is 10.0 Å². The number of aromatic nitrogens is 1. The monoisotopic (exact) mass is 459 g/mol. The van der Waals surface area contributed by atoms with Gasteiger partial charge in [0.25, 0.3) is 0 Å². The van der Waals surface area contributed by atoms with Crippen molar-refractivity contribution in [2.45, 2.75) is 23.2 Å². The molecule has 0 saturated carbocycles. The minimum atomic E-state index is -4.25. The molecule has 0 spiro atoms. The number of hydrogen-bond donors (Lipinski definition) is 2. The second-order valence-corrected chi connectivity index (χ2v) is 8.57. The summed E-state index contributed by atoms with van der Waals surface area (Å²) >= 11 is 0. The number of pyridine rings is 1. The van der Waals surface area contributed by atoms with Gasteiger partial charge < -0.3 is 19.7 Å². The molecule has 13 heteroatoms. The molecule has 1 aromatic heterocycles. The summed E-state index contributed by atoms with van der Waals surface area (Å²) < 4.78 is 74.4. The second kappa shape index (κ2) is 8.67. The molecule has 1 saturated heterocycles. The highest BCUT2D eigenvalue weighted by Crippen LogP contribution is 2.31. The van der Waals surface area contributed by atoms with E-state index in [9.17, 15) is 31.8 Å². The van der Waals surface area contributed by atoms with Crippen LogP contribution in [0.25, 0.3) is 0 Å². The zero-order valence-electron chi connectivity index (χ0n) is 15.7. The van der Waals surface area contributed by atoms with Crippen molar-refractivity contribution in [3.8, 4) is 17.7 Å². The average molecular weight is 459 g/mol. The normalized spacial score (nSPS) is 21.8. The molecule has 0 amide bonds. The SMILES string of the molecule is N#Cc1ccc(OC2CN(S(=O)(=O)c3ccc(OC(F)F)nc3)C[C@@]2(O)CO)cc1F. The predicted octanol–water partition coefficient (Wildman–Crippen LogP) is 0.869. The molecule has 2 atom stereocenters. The molecule has 1 aromatic carbocycles. The van der Waals surface area contributed by atoms with Crippen LogP contribution in [0.4, 0.5) is 13.2 Å². The molecule has 1 unspecified atom stereocenters. The van der Waals surface area contributed by atoms with Gasteiger partial charge >= 0.3 is 6.61 Å². The van der Waals surface area contributed by atoms with Crippen LogP contribution in [0.15, 0.2) is 41.4 Å². The molecule has 1 aliphatic heterocycles. The first kappa shape index (κ1) is 22.8. The van der Waals surface area contributed by atoms with Crippen molar-refractivity contribution in [2.24, 2.45) is 0 Å². The van der Waals surface area contributed by atoms with Crippen LogP contribution in [0, 0.1) is 17.1 Å². The van der Waals surface area contributed by atoms with Crippen molar-refractivity contribution in [2.75, 3.05) is 19.7 Å². The van der Waals surface area contributed by atoms with E-state index in [0.717, 1.165) is 34.8 Å². The van der Waals surface area contributed by atoms with Crippen molar-refractivity contribution in [3.63, 3.8) is 0 Å². The number of rotatable bonds is 7. The molecular formula is C18H16F3N3O6S. The molecule has 0 bridgehead atoms. The molecule has 1 fully saturated rings. The van der Waals surface area contributed by atoms with E-state index in [1.165, 1.54) is 6.07 Å². The van der Waals surface area contributed by atoms with Crippen molar-refractivity contribution in [3.05, 3.63) is 47.9 Å². The van der Waals surface area contributed by atoms with Gasteiger partial charge in [-0.15, -0.1) is 0 Å². The lowest BCUT2D eigenvalue weighted by Gasteiger charge is -2.27. The zero-order chi connectivity index (χ0) is 22.8. The largest absolute Gasteiger partial charge is 0.486 e. The molecule has 0 radical (unpaired) electrons. The number of aliphatic hydroxyl groups is 2. The van der Waals surface area contributed by atoms with Gasteiger partial charge in [0.15, 0.2) is 0 Å². The predicted molar refractivity (Wildman–Crippen MR) is 97.2 cm³/mol. The highest BCUT2D eigenvalue weighted by atomic mass is 32.2. The minimum absolute atomic E-state index is 0.0807. The molecular weight excluding hydrogens is 443 g/mol. The van der Waals surface area contributed by atoms with Crippen LogP contribution in [0.3, 0.4) is 0 Å². The Hall–Kier alpha value is -2.92. The standard InChI is InChI=1S/C18H16F3N3O6S/c19-14-5-12(2-1-11(14)6-22)29-15-8-24(9-18(15,26)10-25)31(27,28)13-3-4-16(23-7-13)30-17(20)21/h1-5,7,15,17,25-26H,8-10H2/t15?,18-/m1/s1. The topological polar surface area (TPSA) is 133 Å². The number of benzene rings is 1. The Morgan fingerprint density at radius 2 is 2.10 bits per heavy atom. The van der Waals surface area contributed by atoms with Gasteiger partial charge in [0.05, 0.1) is 24.9 Å². The van der Waals surface area contributed by atoms with Crippen LogP contribution in [0.1, 0.15) is 5.56 Å². The van der Waals surface area contributed by atoms with E-state index >= 15 is 0 Å². The Morgan fingerprint density at radius 1 is 1.35 bits per heavy atom. The van der Waals surface area contributed by atoms with Crippen molar-refractivity contribution >= 4 is 10.0 Å². The van der Waals surface area contributed by atoms with E-state index in [0.29, 0.717) is 0 Å². The summed E-state index contributed by atoms with van der Waals surface area (Å²) in [5.41, 5.74) is -2.24. The van der Waals surface area contributed by atoms with Gasteiger partial charge in [-0.2, -0.15) is 18.3 Å². The lowest BCUT2D eigenvalue weighted by Crippen LogP contribution is -2.48. The highest BCUT2D eigenvalue weighted by Gasteiger charge is 2.50. The molecule has 2 N–H and O–H groups in total. The van der Waals surface area contributed by atoms with Gasteiger partial charge in [-0.25, -0.2) is 17.8 Å². The number of halogens is 3. The Bertz CT molecular complexity index is 1090. The molecule has 3 rings (SSSR count). The zero-order valence-corrected chi connectivity index (χ0v) is 16.5. The Kier molecular flexibility index (Phi) is 6.37. The van der Waals surface area contributed by atoms with Crippen LogP contribution < -0.4 is 9.47 Å². The van der Waals surface area contributed by atoms with Crippen LogP contribution >= 0.6 is 0 Å². The molecule has 0 aliphatic carbocycles. The van der Waals surface area contributed by atoms with E-state index < -0.39 is 59.7 Å². The summed E-state index contributed by atoms with van der Waals surface area (Å²) in [7, 11) is -4.25. The van der Waals surface area contributed by atoms with Gasteiger partial charge in [0.1, 0.15) is 34.2 Å². The minimum Gasteiger partial charge on any atom is -0.486 e. The number of sulfonamides is 1. The van der Waals surface area contributed by atoms with Crippen molar-refractivity contribution in [1.82, 2.24) is 9.29 Å². The molecule has 9 nitrogen and oxygen atoms in total. The maximum atomic E-state index is 13.8. The third-order valence-corrected chi connectivity index (χ3v) is 6.38. The number of alkyl halides is 2. The van der Waals surface area contributed by atoms with E-state index in [2.05, 4.69) is 9.72 Å². The first-order valence-corrected chi connectivity index (χ1v) is 10.1. The van der Waals surface area contributed by atoms with Gasteiger partial charge in [0, 0.05) is 18.7 Å².